The minimum atomic E-state index is -0.467. The molecule has 2 N–H and O–H groups in total. The van der Waals surface area contributed by atoms with Crippen molar-refractivity contribution in [3.05, 3.63) is 65.6 Å². The fraction of sp³-hybridized carbons (Fsp3) is 0.200. The molecule has 0 radical (unpaired) electrons. The second-order valence-corrected chi connectivity index (χ2v) is 6.22. The Morgan fingerprint density at radius 2 is 1.86 bits per heavy atom. The molecule has 29 heavy (non-hydrogen) atoms. The Labute approximate surface area is 166 Å². The van der Waals surface area contributed by atoms with Gasteiger partial charge in [-0.1, -0.05) is 13.0 Å². The predicted molar refractivity (Wildman–Crippen MR) is 103 cm³/mol. The molecule has 3 heterocycles. The highest BCUT2D eigenvalue weighted by atomic mass is 16.6. The Hall–Kier alpha value is -3.88. The maximum Gasteiger partial charge on any atom is 0.273 e. The van der Waals surface area contributed by atoms with Gasteiger partial charge >= 0.3 is 0 Å². The molecule has 0 saturated carbocycles. The van der Waals surface area contributed by atoms with Gasteiger partial charge < -0.3 is 9.47 Å². The highest BCUT2D eigenvalue weighted by Crippen LogP contribution is 2.30. The van der Waals surface area contributed by atoms with Crippen LogP contribution in [0.25, 0.3) is 5.82 Å². The van der Waals surface area contributed by atoms with Crippen LogP contribution in [0.2, 0.25) is 0 Å². The Morgan fingerprint density at radius 1 is 1.07 bits per heavy atom. The second kappa shape index (κ2) is 8.01. The van der Waals surface area contributed by atoms with Crippen LogP contribution in [-0.4, -0.2) is 39.8 Å². The molecule has 1 aromatic carbocycles. The molecular weight excluding hydrogens is 374 g/mol. The lowest BCUT2D eigenvalue weighted by atomic mass is 10.2. The molecule has 0 unspecified atom stereocenters. The van der Waals surface area contributed by atoms with Crippen LogP contribution in [0, 0.1) is 0 Å². The first-order valence-electron chi connectivity index (χ1n) is 9.16. The molecule has 4 rings (SSSR count). The van der Waals surface area contributed by atoms with Crippen LogP contribution in [0.15, 0.2) is 48.8 Å². The number of carbonyl (C=O) groups is 2. The first kappa shape index (κ1) is 18.5. The maximum absolute atomic E-state index is 12.6. The van der Waals surface area contributed by atoms with Gasteiger partial charge in [-0.15, -0.1) is 0 Å². The third kappa shape index (κ3) is 3.75. The molecule has 2 amide bonds. The number of pyridine rings is 1. The largest absolute Gasteiger partial charge is 0.486 e. The molecule has 148 valence electrons. The molecule has 9 nitrogen and oxygen atoms in total. The van der Waals surface area contributed by atoms with E-state index in [0.29, 0.717) is 53.8 Å². The zero-order valence-electron chi connectivity index (χ0n) is 15.7. The summed E-state index contributed by atoms with van der Waals surface area (Å²) >= 11 is 0. The topological polar surface area (TPSA) is 107 Å². The number of rotatable bonds is 4. The summed E-state index contributed by atoms with van der Waals surface area (Å²) in [5.74, 6) is 0.774. The van der Waals surface area contributed by atoms with Crippen LogP contribution in [0.3, 0.4) is 0 Å². The summed E-state index contributed by atoms with van der Waals surface area (Å²) in [5, 5.41) is 4.26. The average Bonchev–Trinajstić information content (AvgIpc) is 3.21. The second-order valence-electron chi connectivity index (χ2n) is 6.22. The molecule has 3 aromatic rings. The average molecular weight is 393 g/mol. The van der Waals surface area contributed by atoms with Gasteiger partial charge in [-0.05, 0) is 36.8 Å². The fourth-order valence-corrected chi connectivity index (χ4v) is 3.02. The van der Waals surface area contributed by atoms with Gasteiger partial charge in [0, 0.05) is 11.8 Å². The Morgan fingerprint density at radius 3 is 2.62 bits per heavy atom. The van der Waals surface area contributed by atoms with Gasteiger partial charge in [0.05, 0.1) is 17.5 Å². The van der Waals surface area contributed by atoms with Crippen molar-refractivity contribution in [3.8, 4) is 17.3 Å². The summed E-state index contributed by atoms with van der Waals surface area (Å²) in [4.78, 5) is 29.2. The van der Waals surface area contributed by atoms with Gasteiger partial charge in [-0.3, -0.25) is 20.4 Å². The number of ether oxygens (including phenoxy) is 2. The van der Waals surface area contributed by atoms with Crippen molar-refractivity contribution >= 4 is 11.8 Å². The fourth-order valence-electron chi connectivity index (χ4n) is 3.02. The predicted octanol–water partition coefficient (Wildman–Crippen LogP) is 1.68. The Balaban J connectivity index is 1.46. The summed E-state index contributed by atoms with van der Waals surface area (Å²) in [6.45, 7) is 2.82. The summed E-state index contributed by atoms with van der Waals surface area (Å²) < 4.78 is 12.5. The van der Waals surface area contributed by atoms with Crippen molar-refractivity contribution in [1.82, 2.24) is 25.6 Å². The van der Waals surface area contributed by atoms with E-state index in [1.165, 1.54) is 6.20 Å². The minimum Gasteiger partial charge on any atom is -0.486 e. The van der Waals surface area contributed by atoms with Gasteiger partial charge in [0.1, 0.15) is 13.2 Å². The number of nitrogens with one attached hydrogen (secondary N) is 2. The van der Waals surface area contributed by atoms with Crippen LogP contribution < -0.4 is 20.3 Å². The molecule has 0 fully saturated rings. The van der Waals surface area contributed by atoms with Crippen LogP contribution in [0.5, 0.6) is 11.5 Å². The van der Waals surface area contributed by atoms with E-state index in [-0.39, 0.29) is 0 Å². The van der Waals surface area contributed by atoms with Crippen molar-refractivity contribution in [1.29, 1.82) is 0 Å². The van der Waals surface area contributed by atoms with Crippen molar-refractivity contribution in [3.63, 3.8) is 0 Å². The van der Waals surface area contributed by atoms with E-state index in [2.05, 4.69) is 20.9 Å². The van der Waals surface area contributed by atoms with Crippen LogP contribution in [0.4, 0.5) is 0 Å². The molecule has 0 spiro atoms. The molecular formula is C20H19N5O4. The number of hydrogen-bond acceptors (Lipinski definition) is 6. The van der Waals surface area contributed by atoms with E-state index < -0.39 is 11.8 Å². The highest BCUT2D eigenvalue weighted by Gasteiger charge is 2.19. The van der Waals surface area contributed by atoms with E-state index in [1.54, 1.807) is 41.2 Å². The quantitative estimate of drug-likeness (QED) is 0.653. The molecule has 0 aliphatic carbocycles. The summed E-state index contributed by atoms with van der Waals surface area (Å²) in [6, 6.07) is 10.3. The molecule has 1 aliphatic heterocycles. The third-order valence-corrected chi connectivity index (χ3v) is 4.41. The first-order chi connectivity index (χ1) is 14.2. The molecule has 2 aromatic heterocycles. The first-order valence-corrected chi connectivity index (χ1v) is 9.16. The van der Waals surface area contributed by atoms with E-state index in [0.717, 1.165) is 0 Å². The van der Waals surface area contributed by atoms with E-state index in [4.69, 9.17) is 9.47 Å². The molecule has 0 bridgehead atoms. The van der Waals surface area contributed by atoms with Crippen LogP contribution in [0.1, 0.15) is 33.3 Å². The molecule has 9 heteroatoms. The molecule has 0 atom stereocenters. The number of hydrazine groups is 1. The molecule has 0 saturated heterocycles. The van der Waals surface area contributed by atoms with E-state index >= 15 is 0 Å². The lowest BCUT2D eigenvalue weighted by Crippen LogP contribution is -2.41. The maximum atomic E-state index is 12.6. The number of fused-ring (bicyclic) bond motifs is 1. The number of hydrogen-bond donors (Lipinski definition) is 2. The van der Waals surface area contributed by atoms with E-state index in [9.17, 15) is 9.59 Å². The van der Waals surface area contributed by atoms with Crippen molar-refractivity contribution in [2.24, 2.45) is 0 Å². The van der Waals surface area contributed by atoms with Gasteiger partial charge in [-0.25, -0.2) is 9.67 Å². The summed E-state index contributed by atoms with van der Waals surface area (Å²) in [5.41, 5.74) is 6.24. The van der Waals surface area contributed by atoms with Crippen molar-refractivity contribution < 1.29 is 19.1 Å². The van der Waals surface area contributed by atoms with E-state index in [1.807, 2.05) is 13.0 Å². The van der Waals surface area contributed by atoms with Gasteiger partial charge in [0.25, 0.3) is 11.8 Å². The monoisotopic (exact) mass is 393 g/mol. The number of nitrogens with zero attached hydrogens (tertiary/aromatic N) is 3. The Kier molecular flexibility index (Phi) is 5.10. The minimum absolute atomic E-state index is 0.342. The summed E-state index contributed by atoms with van der Waals surface area (Å²) in [7, 11) is 0. The zero-order valence-corrected chi connectivity index (χ0v) is 15.7. The van der Waals surface area contributed by atoms with Crippen molar-refractivity contribution in [2.45, 2.75) is 13.3 Å². The standard InChI is InChI=1S/C20H19N5O4/c1-2-15-14(12-22-25(15)18-5-3-4-8-21-18)20(27)24-23-19(26)13-6-7-16-17(11-13)29-10-9-28-16/h3-8,11-12H,2,9-10H2,1H3,(H,23,26)(H,24,27). The van der Waals surface area contributed by atoms with Gasteiger partial charge in [0.15, 0.2) is 17.3 Å². The number of amides is 2. The zero-order chi connectivity index (χ0) is 20.2. The number of carbonyl (C=O) groups excluding carboxylic acids is 2. The number of aromatic nitrogens is 3. The lowest BCUT2D eigenvalue weighted by Gasteiger charge is -2.18. The number of benzene rings is 1. The van der Waals surface area contributed by atoms with Crippen LogP contribution >= 0.6 is 0 Å². The van der Waals surface area contributed by atoms with Crippen molar-refractivity contribution in [2.75, 3.05) is 13.2 Å². The van der Waals surface area contributed by atoms with Gasteiger partial charge in [-0.2, -0.15) is 5.10 Å². The highest BCUT2D eigenvalue weighted by molar-refractivity contribution is 5.99. The Bertz CT molecular complexity index is 1050. The van der Waals surface area contributed by atoms with Crippen LogP contribution in [-0.2, 0) is 6.42 Å². The normalized spacial score (nSPS) is 12.3. The molecule has 1 aliphatic rings. The van der Waals surface area contributed by atoms with Gasteiger partial charge in [0.2, 0.25) is 0 Å². The smallest absolute Gasteiger partial charge is 0.273 e. The summed E-state index contributed by atoms with van der Waals surface area (Å²) in [6.07, 6.45) is 3.68. The third-order valence-electron chi connectivity index (χ3n) is 4.41. The lowest BCUT2D eigenvalue weighted by molar-refractivity contribution is 0.0845. The SMILES string of the molecule is CCc1c(C(=O)NNC(=O)c2ccc3c(c2)OCCO3)cnn1-c1ccccn1.